The van der Waals surface area contributed by atoms with Gasteiger partial charge in [0.05, 0.1) is 40.6 Å². The third-order valence-electron chi connectivity index (χ3n) is 16.9. The number of fused-ring (bicyclic) bond motifs is 3. The number of H-pyrrole nitrogens is 2. The second kappa shape index (κ2) is 29.7. The van der Waals surface area contributed by atoms with E-state index in [1.807, 2.05) is 37.3 Å². The van der Waals surface area contributed by atoms with E-state index in [1.165, 1.54) is 78.8 Å². The summed E-state index contributed by atoms with van der Waals surface area (Å²) in [5, 5.41) is 86.6. The number of carboxylic acid groups (broad SMARTS) is 3. The lowest BCUT2D eigenvalue weighted by Gasteiger charge is -2.13. The van der Waals surface area contributed by atoms with E-state index >= 15 is 0 Å². The highest BCUT2D eigenvalue weighted by Crippen LogP contribution is 2.43. The molecule has 10 N–H and O–H groups in total. The highest BCUT2D eigenvalue weighted by molar-refractivity contribution is 8.93. The highest BCUT2D eigenvalue weighted by atomic mass is 79.9. The van der Waals surface area contributed by atoms with Crippen molar-refractivity contribution in [1.29, 1.82) is 0 Å². The molecule has 1 aliphatic heterocycles. The summed E-state index contributed by atoms with van der Waals surface area (Å²) in [4.78, 5) is 73.2. The summed E-state index contributed by atoms with van der Waals surface area (Å²) in [5.41, 5.74) is 19.7. The molecule has 11 aromatic rings. The van der Waals surface area contributed by atoms with Gasteiger partial charge in [-0.25, -0.2) is 28.8 Å². The fraction of sp³-hybridized carbons (Fsp3) is 0.181. The summed E-state index contributed by atoms with van der Waals surface area (Å²) in [6, 6.07) is 42.6. The van der Waals surface area contributed by atoms with E-state index in [1.54, 1.807) is 86.6 Å². The minimum atomic E-state index is -1.02. The Morgan fingerprint density at radius 2 is 0.828 bits per heavy atom. The van der Waals surface area contributed by atoms with Crippen LogP contribution >= 0.6 is 51.0 Å². The molecule has 15 rings (SSSR count). The van der Waals surface area contributed by atoms with Crippen LogP contribution in [0.4, 0.5) is 34.1 Å². The van der Waals surface area contributed by atoms with Crippen LogP contribution in [0.1, 0.15) is 106 Å². The molecular formula is C72H64BrN11O12S3. The van der Waals surface area contributed by atoms with E-state index in [4.69, 9.17) is 21.1 Å². The number of nitrogens with two attached hydrogens (primary N) is 1. The Bertz CT molecular complexity index is 4980. The molecule has 0 bridgehead atoms. The number of aromatic amines is 2. The van der Waals surface area contributed by atoms with Crippen LogP contribution in [-0.2, 0) is 43.3 Å². The van der Waals surface area contributed by atoms with Crippen LogP contribution in [-0.4, -0.2) is 79.7 Å². The van der Waals surface area contributed by atoms with Crippen molar-refractivity contribution >= 4 is 115 Å². The van der Waals surface area contributed by atoms with Crippen LogP contribution in [0.25, 0.3) is 42.7 Å². The van der Waals surface area contributed by atoms with Crippen molar-refractivity contribution in [3.05, 3.63) is 226 Å². The van der Waals surface area contributed by atoms with Gasteiger partial charge in [-0.3, -0.25) is 24.6 Å². The predicted molar refractivity (Wildman–Crippen MR) is 388 cm³/mol. The first-order chi connectivity index (χ1) is 47.2. The van der Waals surface area contributed by atoms with Gasteiger partial charge in [-0.1, -0.05) is 36.4 Å². The van der Waals surface area contributed by atoms with Gasteiger partial charge in [0, 0.05) is 37.0 Å². The zero-order chi connectivity index (χ0) is 69.1. The Labute approximate surface area is 587 Å². The van der Waals surface area contributed by atoms with Gasteiger partial charge in [0.2, 0.25) is 0 Å². The third kappa shape index (κ3) is 14.9. The molecule has 27 heteroatoms. The monoisotopic (exact) mass is 1450 g/mol. The van der Waals surface area contributed by atoms with Crippen molar-refractivity contribution in [3.8, 4) is 59.9 Å². The number of amides is 1. The molecule has 0 atom stereocenters. The van der Waals surface area contributed by atoms with Crippen molar-refractivity contribution in [2.45, 2.75) is 85.0 Å². The summed E-state index contributed by atoms with van der Waals surface area (Å²) in [7, 11) is 0. The topological polar surface area (TPSA) is 356 Å². The lowest BCUT2D eigenvalue weighted by Crippen LogP contribution is -2.19. The number of aromatic carboxylic acids is 3. The summed E-state index contributed by atoms with van der Waals surface area (Å²) >= 11 is 3.21. The van der Waals surface area contributed by atoms with Gasteiger partial charge in [-0.05, 0) is 221 Å². The van der Waals surface area contributed by atoms with Gasteiger partial charge in [-0.15, -0.1) is 71.4 Å². The maximum Gasteiger partial charge on any atom is 0.345 e. The Balaban J connectivity index is 0.000000140. The molecule has 0 fully saturated rings. The normalized spacial score (nSPS) is 13.4. The Kier molecular flexibility index (Phi) is 20.8. The van der Waals surface area contributed by atoms with E-state index in [-0.39, 0.29) is 94.3 Å². The number of nitrogens with zero attached hydrogens (tertiary/aromatic N) is 8. The summed E-state index contributed by atoms with van der Waals surface area (Å²) in [6.45, 7) is 5.38. The zero-order valence-corrected chi connectivity index (χ0v) is 57.5. The number of aromatic nitrogens is 4. The zero-order valence-electron chi connectivity index (χ0n) is 53.3. The van der Waals surface area contributed by atoms with E-state index < -0.39 is 17.9 Å². The number of carboxylic acids is 3. The first-order valence-electron chi connectivity index (χ1n) is 31.1. The molecule has 23 nitrogen and oxygen atoms in total. The molecule has 0 radical (unpaired) electrons. The highest BCUT2D eigenvalue weighted by Gasteiger charge is 2.25. The first kappa shape index (κ1) is 69.2. The largest absolute Gasteiger partial charge is 0.505 e. The quantitative estimate of drug-likeness (QED) is 0.0295. The maximum atomic E-state index is 13.0. The minimum Gasteiger partial charge on any atom is -0.505 e. The molecule has 0 unspecified atom stereocenters. The molecule has 99 heavy (non-hydrogen) atoms. The SMILES string of the molecule is Br.CC1=NN(c2ccc3c(c2)CCC3)C(=O)C1.Cc1[nH]n(-c2ccc3c(c2)CCC3)c(=O)c1N=Nc1cccc(-c2ccc(C(=O)O)s2)c1O.Cc1[nH]n(-c2ccc3c(c2)CCC3)c(=O)c1N=Nc1cccc(-c2ccc(C(=O)O)s2)c1O.Nc1cccc(-c2ccc(C(=O)O)s2)c1O. The molecule has 4 aliphatic rings. The molecule has 5 aromatic heterocycles. The number of nitrogen functional groups attached to an aromatic ring is 1. The number of aromatic hydroxyl groups is 3. The van der Waals surface area contributed by atoms with Gasteiger partial charge >= 0.3 is 17.9 Å². The second-order valence-corrected chi connectivity index (χ2v) is 26.7. The van der Waals surface area contributed by atoms with Crippen LogP contribution in [0.15, 0.2) is 181 Å². The van der Waals surface area contributed by atoms with Crippen molar-refractivity contribution in [3.63, 3.8) is 0 Å². The molecule has 3 aliphatic carbocycles. The Morgan fingerprint density at radius 3 is 1.20 bits per heavy atom. The van der Waals surface area contributed by atoms with Crippen LogP contribution < -0.4 is 21.9 Å². The molecule has 504 valence electrons. The van der Waals surface area contributed by atoms with Gasteiger partial charge in [0.25, 0.3) is 17.0 Å². The summed E-state index contributed by atoms with van der Waals surface area (Å²) in [6.07, 6.45) is 10.4. The van der Waals surface area contributed by atoms with Crippen LogP contribution in [0.3, 0.4) is 0 Å². The number of hydrogen-bond donors (Lipinski definition) is 9. The molecule has 0 saturated heterocycles. The number of anilines is 2. The number of hydrazone groups is 1. The summed E-state index contributed by atoms with van der Waals surface area (Å²) in [5.74, 6) is -3.22. The molecule has 1 amide bonds. The van der Waals surface area contributed by atoms with E-state index in [0.717, 1.165) is 102 Å². The maximum absolute atomic E-state index is 13.0. The lowest BCUT2D eigenvalue weighted by atomic mass is 10.1. The van der Waals surface area contributed by atoms with Gasteiger partial charge < -0.3 is 36.4 Å². The second-order valence-electron chi connectivity index (χ2n) is 23.5. The average molecular weight is 1450 g/mol. The van der Waals surface area contributed by atoms with E-state index in [0.29, 0.717) is 49.1 Å². The minimum absolute atomic E-state index is 0. The van der Waals surface area contributed by atoms with Gasteiger partial charge in [-0.2, -0.15) is 5.10 Å². The van der Waals surface area contributed by atoms with Crippen molar-refractivity contribution in [2.75, 3.05) is 10.7 Å². The number of phenolic OH excluding ortho intramolecular Hbond substituents is 3. The lowest BCUT2D eigenvalue weighted by molar-refractivity contribution is -0.116. The Hall–Kier alpha value is -11.1. The molecular weight excluding hydrogens is 1390 g/mol. The van der Waals surface area contributed by atoms with Crippen LogP contribution in [0.5, 0.6) is 17.2 Å². The molecule has 0 saturated carbocycles. The van der Waals surface area contributed by atoms with Gasteiger partial charge in [0.1, 0.15) is 31.8 Å². The number of aryl methyl sites for hydroxylation is 8. The molecule has 6 aromatic carbocycles. The predicted octanol–water partition coefficient (Wildman–Crippen LogP) is 16.3. The number of phenols is 3. The fourth-order valence-electron chi connectivity index (χ4n) is 11.9. The Morgan fingerprint density at radius 1 is 0.465 bits per heavy atom. The third-order valence-corrected chi connectivity index (χ3v) is 20.2. The number of benzene rings is 6. The van der Waals surface area contributed by atoms with Crippen LogP contribution in [0, 0.1) is 13.8 Å². The van der Waals surface area contributed by atoms with Gasteiger partial charge in [0.15, 0.2) is 22.9 Å². The standard InChI is InChI=1S/2C24H20N4O4S.C13H14N2O.C11H9NO3S.BrH/c2*1-13-21(23(30)28(27-13)16-9-8-14-4-2-5-15(14)12-16)26-25-18-7-3-6-17(22(18)29)19-10-11-20(33-19)24(31)32;1-9-7-13(16)15(14-9)12-6-5-10-3-2-4-11(10)8-12;12-7-3-1-2-6(10(7)13)8-4-5-9(16-8)11(14)15;/h2*3,6-12,27,29H,2,4-5H2,1H3,(H,31,32);5-6,8H,2-4,7H2,1H3;1-5,13H,12H2,(H,14,15);1H. The number of para-hydroxylation sites is 3. The van der Waals surface area contributed by atoms with E-state index in [9.17, 15) is 44.1 Å². The fourth-order valence-corrected chi connectivity index (χ4v) is 14.5. The van der Waals surface area contributed by atoms with Crippen LogP contribution in [0.2, 0.25) is 0 Å². The first-order valence-corrected chi connectivity index (χ1v) is 33.5. The number of thiophene rings is 3. The number of hydrogen-bond acceptors (Lipinski definition) is 18. The summed E-state index contributed by atoms with van der Waals surface area (Å²) < 4.78 is 2.91. The number of azo groups is 2. The number of carbonyl (C=O) groups is 4. The smallest absolute Gasteiger partial charge is 0.345 e. The number of halogens is 1. The van der Waals surface area contributed by atoms with Crippen molar-refractivity contribution in [2.24, 2.45) is 25.6 Å². The molecule has 6 heterocycles. The number of nitrogens with one attached hydrogen (secondary N) is 2. The average Bonchev–Trinajstić information content (AvgIpc) is 1.68. The van der Waals surface area contributed by atoms with Crippen molar-refractivity contribution < 1.29 is 49.8 Å². The number of rotatable bonds is 13. The number of carbonyl (C=O) groups excluding carboxylic acids is 1. The van der Waals surface area contributed by atoms with E-state index in [2.05, 4.69) is 60.0 Å². The molecule has 0 spiro atoms. The van der Waals surface area contributed by atoms with Crippen molar-refractivity contribution in [1.82, 2.24) is 19.6 Å².